The molecule has 0 aliphatic carbocycles. The van der Waals surface area contributed by atoms with Gasteiger partial charge in [0, 0.05) is 6.54 Å². The molecule has 112 valence electrons. The molecule has 1 saturated heterocycles. The minimum Gasteiger partial charge on any atom is -0.394 e. The van der Waals surface area contributed by atoms with Crippen molar-refractivity contribution in [2.24, 2.45) is 10.7 Å². The van der Waals surface area contributed by atoms with Crippen molar-refractivity contribution in [2.75, 3.05) is 18.9 Å². The maximum atomic E-state index is 9.84. The zero-order valence-electron chi connectivity index (χ0n) is 10.4. The molecule has 0 radical (unpaired) electrons. The number of aliphatic imine (C=N–C) groups is 1. The molecule has 0 aromatic heterocycles. The fourth-order valence-corrected chi connectivity index (χ4v) is 1.88. The van der Waals surface area contributed by atoms with Crippen LogP contribution >= 0.6 is 12.6 Å². The van der Waals surface area contributed by atoms with Gasteiger partial charge in [-0.2, -0.15) is 12.6 Å². The highest BCUT2D eigenvalue weighted by atomic mass is 32.1. The van der Waals surface area contributed by atoms with E-state index in [2.05, 4.69) is 22.9 Å². The summed E-state index contributed by atoms with van der Waals surface area (Å²) in [6.45, 7) is -0.0442. The summed E-state index contributed by atoms with van der Waals surface area (Å²) in [6.07, 6.45) is -4.36. The van der Waals surface area contributed by atoms with Crippen LogP contribution in [0.3, 0.4) is 0 Å². The van der Waals surface area contributed by atoms with Crippen LogP contribution in [0.5, 0.6) is 0 Å². The summed E-state index contributed by atoms with van der Waals surface area (Å²) in [5.74, 6) is 0.703. The number of nitrogens with one attached hydrogen (secondary N) is 1. The van der Waals surface area contributed by atoms with E-state index in [-0.39, 0.29) is 5.96 Å². The van der Waals surface area contributed by atoms with E-state index < -0.39 is 37.3 Å². The Kier molecular flexibility index (Phi) is 6.83. The molecule has 7 N–H and O–H groups in total. The van der Waals surface area contributed by atoms with Crippen molar-refractivity contribution < 1.29 is 25.2 Å². The summed E-state index contributed by atoms with van der Waals surface area (Å²) < 4.78 is 4.97. The van der Waals surface area contributed by atoms with E-state index in [1.807, 2.05) is 0 Å². The highest BCUT2D eigenvalue weighted by Crippen LogP contribution is 2.19. The summed E-state index contributed by atoms with van der Waals surface area (Å²) in [5, 5.41) is 40.7. The molecule has 1 heterocycles. The van der Waals surface area contributed by atoms with Crippen molar-refractivity contribution in [1.29, 1.82) is 0 Å². The molecular weight excluding hydrogens is 274 g/mol. The van der Waals surface area contributed by atoms with Gasteiger partial charge in [-0.15, -0.1) is 0 Å². The van der Waals surface area contributed by atoms with Crippen molar-refractivity contribution in [3.8, 4) is 0 Å². The second kappa shape index (κ2) is 7.88. The summed E-state index contributed by atoms with van der Waals surface area (Å²) in [6, 6.07) is -1.02. The minimum absolute atomic E-state index is 0.0307. The van der Waals surface area contributed by atoms with Crippen LogP contribution in [0.1, 0.15) is 6.42 Å². The van der Waals surface area contributed by atoms with Gasteiger partial charge in [-0.25, -0.2) is 0 Å². The Morgan fingerprint density at radius 2 is 2.00 bits per heavy atom. The van der Waals surface area contributed by atoms with E-state index in [9.17, 15) is 15.3 Å². The Labute approximate surface area is 116 Å². The molecule has 0 amide bonds. The number of hydrogen-bond donors (Lipinski definition) is 7. The third-order valence-corrected chi connectivity index (χ3v) is 3.13. The first-order valence-electron chi connectivity index (χ1n) is 5.99. The van der Waals surface area contributed by atoms with Gasteiger partial charge in [0.25, 0.3) is 0 Å². The van der Waals surface area contributed by atoms with Gasteiger partial charge >= 0.3 is 0 Å². The fraction of sp³-hybridized carbons (Fsp3) is 0.900. The maximum absolute atomic E-state index is 9.84. The first kappa shape index (κ1) is 16.5. The monoisotopic (exact) mass is 295 g/mol. The predicted molar refractivity (Wildman–Crippen MR) is 71.9 cm³/mol. The van der Waals surface area contributed by atoms with Gasteiger partial charge in [0.15, 0.2) is 12.2 Å². The molecule has 0 spiro atoms. The van der Waals surface area contributed by atoms with Gasteiger partial charge in [-0.3, -0.25) is 4.99 Å². The van der Waals surface area contributed by atoms with Crippen LogP contribution in [0.25, 0.3) is 0 Å². The molecule has 1 fully saturated rings. The molecule has 0 aromatic rings. The average Bonchev–Trinajstić information content (AvgIpc) is 2.39. The summed E-state index contributed by atoms with van der Waals surface area (Å²) >= 11 is 4.03. The van der Waals surface area contributed by atoms with E-state index in [1.54, 1.807) is 0 Å². The largest absolute Gasteiger partial charge is 0.394 e. The van der Waals surface area contributed by atoms with Crippen molar-refractivity contribution in [3.63, 3.8) is 0 Å². The van der Waals surface area contributed by atoms with Crippen molar-refractivity contribution in [2.45, 2.75) is 37.1 Å². The van der Waals surface area contributed by atoms with E-state index in [0.717, 1.165) is 6.42 Å². The molecule has 0 bridgehead atoms. The van der Waals surface area contributed by atoms with Crippen LogP contribution in [-0.2, 0) is 4.74 Å². The van der Waals surface area contributed by atoms with E-state index in [0.29, 0.717) is 12.3 Å². The lowest BCUT2D eigenvalue weighted by Gasteiger charge is -2.40. The lowest BCUT2D eigenvalue weighted by Crippen LogP contribution is -2.65. The molecule has 1 aliphatic heterocycles. The lowest BCUT2D eigenvalue weighted by molar-refractivity contribution is -0.252. The molecule has 1 aliphatic rings. The number of rotatable bonds is 5. The van der Waals surface area contributed by atoms with Crippen molar-refractivity contribution >= 4 is 18.6 Å². The highest BCUT2D eigenvalue weighted by molar-refractivity contribution is 7.80. The molecule has 9 heteroatoms. The van der Waals surface area contributed by atoms with Gasteiger partial charge in [0.1, 0.15) is 24.4 Å². The topological polar surface area (TPSA) is 141 Å². The van der Waals surface area contributed by atoms with Crippen LogP contribution in [0.4, 0.5) is 0 Å². The van der Waals surface area contributed by atoms with Crippen molar-refractivity contribution in [3.05, 3.63) is 0 Å². The third-order valence-electron chi connectivity index (χ3n) is 2.81. The van der Waals surface area contributed by atoms with Crippen LogP contribution in [0, 0.1) is 0 Å². The SMILES string of the molecule is NC(=NCCCS)N[C@@H]1[C@@H](O)[C@H](O)[C@@H](CO)O[C@@H]1O. The zero-order valence-corrected chi connectivity index (χ0v) is 11.3. The van der Waals surface area contributed by atoms with Gasteiger partial charge in [0.05, 0.1) is 6.61 Å². The number of ether oxygens (including phenoxy) is 1. The molecule has 0 saturated carbocycles. The quantitative estimate of drug-likeness (QED) is 0.124. The maximum Gasteiger partial charge on any atom is 0.189 e. The average molecular weight is 295 g/mol. The van der Waals surface area contributed by atoms with Crippen LogP contribution in [0.15, 0.2) is 4.99 Å². The number of guanidine groups is 1. The smallest absolute Gasteiger partial charge is 0.189 e. The van der Waals surface area contributed by atoms with Crippen LogP contribution in [-0.4, -0.2) is 75.9 Å². The van der Waals surface area contributed by atoms with E-state index in [4.69, 9.17) is 15.6 Å². The number of nitrogens with zero attached hydrogens (tertiary/aromatic N) is 1. The zero-order chi connectivity index (χ0) is 14.4. The normalized spacial score (nSPS) is 36.3. The summed E-state index contributed by atoms with van der Waals surface area (Å²) in [4.78, 5) is 3.97. The van der Waals surface area contributed by atoms with Crippen LogP contribution in [0.2, 0.25) is 0 Å². The fourth-order valence-electron chi connectivity index (χ4n) is 1.74. The summed E-state index contributed by atoms with van der Waals surface area (Å²) in [7, 11) is 0. The second-order valence-corrected chi connectivity index (χ2v) is 4.69. The number of aliphatic hydroxyl groups excluding tert-OH is 4. The molecular formula is C10H21N3O5S. The Morgan fingerprint density at radius 1 is 1.32 bits per heavy atom. The molecule has 0 aromatic carbocycles. The predicted octanol–water partition coefficient (Wildman–Crippen LogP) is -2.99. The first-order valence-corrected chi connectivity index (χ1v) is 6.62. The number of thiol groups is 1. The van der Waals surface area contributed by atoms with E-state index in [1.165, 1.54) is 0 Å². The summed E-state index contributed by atoms with van der Waals surface area (Å²) in [5.41, 5.74) is 5.59. The molecule has 8 nitrogen and oxygen atoms in total. The second-order valence-electron chi connectivity index (χ2n) is 4.24. The highest BCUT2D eigenvalue weighted by Gasteiger charge is 2.43. The number of hydrogen-bond acceptors (Lipinski definition) is 7. The van der Waals surface area contributed by atoms with Crippen LogP contribution < -0.4 is 11.1 Å². The minimum atomic E-state index is -1.41. The standard InChI is InChI=1S/C10H21N3O5S/c11-10(12-2-1-3-19)13-6-8(16)7(15)5(4-14)18-9(6)17/h5-9,14-17,19H,1-4H2,(H3,11,12,13)/t5-,6-,7-,8-,9+/m1/s1. The Hall–Kier alpha value is -0.580. The van der Waals surface area contributed by atoms with Gasteiger partial charge in [-0.05, 0) is 12.2 Å². The Morgan fingerprint density at radius 3 is 2.58 bits per heavy atom. The van der Waals surface area contributed by atoms with E-state index >= 15 is 0 Å². The molecule has 19 heavy (non-hydrogen) atoms. The Bertz CT molecular complexity index is 307. The molecule has 0 unspecified atom stereocenters. The Balaban J connectivity index is 2.59. The van der Waals surface area contributed by atoms with Gasteiger partial charge in [0.2, 0.25) is 0 Å². The van der Waals surface area contributed by atoms with Gasteiger partial charge < -0.3 is 36.2 Å². The molecule has 1 rings (SSSR count). The molecule has 5 atom stereocenters. The number of aliphatic hydroxyl groups is 4. The lowest BCUT2D eigenvalue weighted by atomic mass is 9.97. The third kappa shape index (κ3) is 4.48. The van der Waals surface area contributed by atoms with Gasteiger partial charge in [-0.1, -0.05) is 0 Å². The van der Waals surface area contributed by atoms with Crippen molar-refractivity contribution in [1.82, 2.24) is 5.32 Å². The first-order chi connectivity index (χ1) is 9.01. The number of nitrogens with two attached hydrogens (primary N) is 1.